The van der Waals surface area contributed by atoms with E-state index >= 15 is 0 Å². The van der Waals surface area contributed by atoms with Gasteiger partial charge in [0.05, 0.1) is 17.2 Å². The molecule has 4 nitrogen and oxygen atoms in total. The zero-order valence-corrected chi connectivity index (χ0v) is 12.0. The molecule has 0 fully saturated rings. The molecule has 2 aromatic rings. The van der Waals surface area contributed by atoms with Crippen LogP contribution in [0.25, 0.3) is 0 Å². The zero-order valence-electron chi connectivity index (χ0n) is 12.0. The van der Waals surface area contributed by atoms with Crippen molar-refractivity contribution in [3.8, 4) is 11.8 Å². The van der Waals surface area contributed by atoms with Crippen molar-refractivity contribution in [1.82, 2.24) is 5.32 Å². The van der Waals surface area contributed by atoms with Crippen molar-refractivity contribution in [3.63, 3.8) is 0 Å². The maximum absolute atomic E-state index is 12.1. The minimum Gasteiger partial charge on any atom is -0.507 e. The van der Waals surface area contributed by atoms with E-state index in [0.717, 1.165) is 11.1 Å². The van der Waals surface area contributed by atoms with E-state index in [0.29, 0.717) is 17.7 Å². The number of benzene rings is 2. The second-order valence-electron chi connectivity index (χ2n) is 4.90. The summed E-state index contributed by atoms with van der Waals surface area (Å²) in [6.45, 7) is 4.01. The van der Waals surface area contributed by atoms with Gasteiger partial charge in [-0.15, -0.1) is 0 Å². The molecule has 2 rings (SSSR count). The molecule has 1 amide bonds. The van der Waals surface area contributed by atoms with Crippen LogP contribution in [0, 0.1) is 25.2 Å². The highest BCUT2D eigenvalue weighted by molar-refractivity contribution is 5.97. The number of nitrogens with one attached hydrogen (secondary N) is 1. The Kier molecular flexibility index (Phi) is 4.24. The lowest BCUT2D eigenvalue weighted by molar-refractivity contribution is 0.0948. The number of rotatable bonds is 3. The van der Waals surface area contributed by atoms with E-state index in [9.17, 15) is 9.90 Å². The van der Waals surface area contributed by atoms with E-state index in [1.54, 1.807) is 37.3 Å². The molecule has 2 N–H and O–H groups in total. The SMILES string of the molecule is Cc1ccc(C(=O)NCc2ccc(C#N)cc2)c(O)c1C. The number of aryl methyl sites for hydroxylation is 1. The minimum atomic E-state index is -0.319. The summed E-state index contributed by atoms with van der Waals surface area (Å²) in [4.78, 5) is 12.1. The number of carbonyl (C=O) groups is 1. The number of hydrogen-bond donors (Lipinski definition) is 2. The van der Waals surface area contributed by atoms with Gasteiger partial charge in [0, 0.05) is 6.54 Å². The van der Waals surface area contributed by atoms with Crippen LogP contribution in [0.2, 0.25) is 0 Å². The fraction of sp³-hybridized carbons (Fsp3) is 0.176. The molecule has 0 aliphatic heterocycles. The largest absolute Gasteiger partial charge is 0.507 e. The number of phenols is 1. The maximum atomic E-state index is 12.1. The van der Waals surface area contributed by atoms with E-state index in [4.69, 9.17) is 5.26 Å². The van der Waals surface area contributed by atoms with Gasteiger partial charge in [-0.05, 0) is 48.7 Å². The predicted molar refractivity (Wildman–Crippen MR) is 79.9 cm³/mol. The van der Waals surface area contributed by atoms with Gasteiger partial charge in [0.1, 0.15) is 5.75 Å². The van der Waals surface area contributed by atoms with Crippen LogP contribution in [-0.2, 0) is 6.54 Å². The summed E-state index contributed by atoms with van der Waals surface area (Å²) in [5.41, 5.74) is 3.39. The molecule has 0 aliphatic carbocycles. The van der Waals surface area contributed by atoms with Crippen molar-refractivity contribution in [1.29, 1.82) is 5.26 Å². The Morgan fingerprint density at radius 3 is 2.48 bits per heavy atom. The first-order valence-corrected chi connectivity index (χ1v) is 6.59. The van der Waals surface area contributed by atoms with Gasteiger partial charge in [-0.3, -0.25) is 4.79 Å². The predicted octanol–water partition coefficient (Wildman–Crippen LogP) is 2.81. The third-order valence-electron chi connectivity index (χ3n) is 3.48. The summed E-state index contributed by atoms with van der Waals surface area (Å²) >= 11 is 0. The summed E-state index contributed by atoms with van der Waals surface area (Å²) in [7, 11) is 0. The summed E-state index contributed by atoms with van der Waals surface area (Å²) < 4.78 is 0. The van der Waals surface area contributed by atoms with Crippen LogP contribution in [0.1, 0.15) is 32.6 Å². The average Bonchev–Trinajstić information content (AvgIpc) is 2.51. The van der Waals surface area contributed by atoms with Crippen LogP contribution in [0.3, 0.4) is 0 Å². The first-order chi connectivity index (χ1) is 10.0. The van der Waals surface area contributed by atoms with E-state index in [2.05, 4.69) is 5.32 Å². The van der Waals surface area contributed by atoms with Gasteiger partial charge < -0.3 is 10.4 Å². The molecule has 0 aromatic heterocycles. The Bertz CT molecular complexity index is 713. The highest BCUT2D eigenvalue weighted by Gasteiger charge is 2.13. The molecule has 0 heterocycles. The molecular formula is C17H16N2O2. The quantitative estimate of drug-likeness (QED) is 0.908. The van der Waals surface area contributed by atoms with Crippen molar-refractivity contribution in [2.24, 2.45) is 0 Å². The molecule has 0 aliphatic rings. The lowest BCUT2D eigenvalue weighted by atomic mass is 10.0. The van der Waals surface area contributed by atoms with E-state index in [1.165, 1.54) is 0 Å². The maximum Gasteiger partial charge on any atom is 0.255 e. The van der Waals surface area contributed by atoms with Crippen molar-refractivity contribution in [2.45, 2.75) is 20.4 Å². The smallest absolute Gasteiger partial charge is 0.255 e. The first-order valence-electron chi connectivity index (χ1n) is 6.59. The monoisotopic (exact) mass is 280 g/mol. The Morgan fingerprint density at radius 2 is 1.86 bits per heavy atom. The number of amides is 1. The van der Waals surface area contributed by atoms with E-state index in [1.807, 2.05) is 19.1 Å². The molecule has 0 radical (unpaired) electrons. The van der Waals surface area contributed by atoms with Gasteiger partial charge in [0.25, 0.3) is 5.91 Å². The summed E-state index contributed by atoms with van der Waals surface area (Å²) in [6, 6.07) is 12.5. The van der Waals surface area contributed by atoms with Crippen molar-refractivity contribution in [3.05, 3.63) is 64.2 Å². The van der Waals surface area contributed by atoms with Gasteiger partial charge >= 0.3 is 0 Å². The summed E-state index contributed by atoms with van der Waals surface area (Å²) in [5, 5.41) is 21.5. The number of phenolic OH excluding ortho intramolecular Hbond substituents is 1. The van der Waals surface area contributed by atoms with Crippen LogP contribution in [0.4, 0.5) is 0 Å². The molecule has 0 atom stereocenters. The second-order valence-corrected chi connectivity index (χ2v) is 4.90. The molecule has 0 bridgehead atoms. The standard InChI is InChI=1S/C17H16N2O2/c1-11-3-8-15(16(20)12(11)2)17(21)19-10-14-6-4-13(9-18)5-7-14/h3-8,20H,10H2,1-2H3,(H,19,21). The van der Waals surface area contributed by atoms with Crippen LogP contribution in [0.15, 0.2) is 36.4 Å². The van der Waals surface area contributed by atoms with E-state index < -0.39 is 0 Å². The zero-order chi connectivity index (χ0) is 15.4. The van der Waals surface area contributed by atoms with Gasteiger partial charge in [-0.25, -0.2) is 0 Å². The number of nitriles is 1. The Morgan fingerprint density at radius 1 is 1.19 bits per heavy atom. The molecule has 0 saturated carbocycles. The van der Waals surface area contributed by atoms with Gasteiger partial charge in [-0.2, -0.15) is 5.26 Å². The van der Waals surface area contributed by atoms with Crippen LogP contribution < -0.4 is 5.32 Å². The molecule has 21 heavy (non-hydrogen) atoms. The van der Waals surface area contributed by atoms with Crippen molar-refractivity contribution >= 4 is 5.91 Å². The lowest BCUT2D eigenvalue weighted by Gasteiger charge is -2.10. The summed E-state index contributed by atoms with van der Waals surface area (Å²) in [5.74, 6) is -0.299. The van der Waals surface area contributed by atoms with Crippen LogP contribution in [0.5, 0.6) is 5.75 Å². The Hall–Kier alpha value is -2.80. The average molecular weight is 280 g/mol. The Labute approximate surface area is 123 Å². The lowest BCUT2D eigenvalue weighted by Crippen LogP contribution is -2.23. The molecule has 0 unspecified atom stereocenters. The Balaban J connectivity index is 2.08. The molecular weight excluding hydrogens is 264 g/mol. The topological polar surface area (TPSA) is 73.1 Å². The van der Waals surface area contributed by atoms with Crippen LogP contribution in [-0.4, -0.2) is 11.0 Å². The highest BCUT2D eigenvalue weighted by Crippen LogP contribution is 2.24. The van der Waals surface area contributed by atoms with Gasteiger partial charge in [0.15, 0.2) is 0 Å². The van der Waals surface area contributed by atoms with Crippen molar-refractivity contribution in [2.75, 3.05) is 0 Å². The minimum absolute atomic E-state index is 0.0207. The number of carbonyl (C=O) groups excluding carboxylic acids is 1. The fourth-order valence-electron chi connectivity index (χ4n) is 1.96. The third-order valence-corrected chi connectivity index (χ3v) is 3.48. The molecule has 0 spiro atoms. The number of nitrogens with zero attached hydrogens (tertiary/aromatic N) is 1. The molecule has 0 saturated heterocycles. The molecule has 4 heteroatoms. The van der Waals surface area contributed by atoms with Crippen molar-refractivity contribution < 1.29 is 9.90 Å². The van der Waals surface area contributed by atoms with E-state index in [-0.39, 0.29) is 17.2 Å². The molecule has 106 valence electrons. The molecule has 2 aromatic carbocycles. The summed E-state index contributed by atoms with van der Waals surface area (Å²) in [6.07, 6.45) is 0. The van der Waals surface area contributed by atoms with Gasteiger partial charge in [0.2, 0.25) is 0 Å². The van der Waals surface area contributed by atoms with Gasteiger partial charge in [-0.1, -0.05) is 18.2 Å². The fourth-order valence-corrected chi connectivity index (χ4v) is 1.96. The normalized spacial score (nSPS) is 9.95. The number of aromatic hydroxyl groups is 1. The first kappa shape index (κ1) is 14.6. The second kappa shape index (κ2) is 6.10. The number of hydrogen-bond acceptors (Lipinski definition) is 3. The highest BCUT2D eigenvalue weighted by atomic mass is 16.3. The third kappa shape index (κ3) is 3.21. The van der Waals surface area contributed by atoms with Crippen LogP contribution >= 0.6 is 0 Å².